The molecule has 120 valence electrons. The summed E-state index contributed by atoms with van der Waals surface area (Å²) in [6.45, 7) is 0.590. The largest absolute Gasteiger partial charge is 0.504 e. The van der Waals surface area contributed by atoms with Gasteiger partial charge in [-0.15, -0.1) is 0 Å². The Hall–Kier alpha value is -3.08. The standard InChI is InChI=1S/C19H17N3O2/c1-22(12-7-3-2-4-8-12)11-15-20-16-13-9-5-6-10-14(13)18(23)19(24)17(16)21-15/h2-10,15,23-24H,11H2,1H3. The third-order valence-electron chi connectivity index (χ3n) is 4.30. The second-order valence-corrected chi connectivity index (χ2v) is 5.89. The highest BCUT2D eigenvalue weighted by molar-refractivity contribution is 5.89. The zero-order valence-electron chi connectivity index (χ0n) is 13.2. The number of hydrogen-bond acceptors (Lipinski definition) is 5. The molecule has 0 bridgehead atoms. The van der Waals surface area contributed by atoms with Crippen LogP contribution in [0.3, 0.4) is 0 Å². The molecule has 1 heterocycles. The van der Waals surface area contributed by atoms with Crippen LogP contribution in [0.2, 0.25) is 0 Å². The lowest BCUT2D eigenvalue weighted by atomic mass is 10.1. The molecule has 1 aliphatic heterocycles. The molecule has 5 nitrogen and oxygen atoms in total. The molecular formula is C19H17N3O2. The van der Waals surface area contributed by atoms with Crippen molar-refractivity contribution in [1.82, 2.24) is 0 Å². The van der Waals surface area contributed by atoms with E-state index in [9.17, 15) is 10.2 Å². The Balaban J connectivity index is 1.77. The molecule has 24 heavy (non-hydrogen) atoms. The predicted octanol–water partition coefficient (Wildman–Crippen LogP) is 1.97. The van der Waals surface area contributed by atoms with Gasteiger partial charge >= 0.3 is 0 Å². The van der Waals surface area contributed by atoms with Crippen LogP contribution in [-0.2, 0) is 0 Å². The Labute approximate surface area is 138 Å². The number of nitrogens with zero attached hydrogens (tertiary/aromatic N) is 3. The summed E-state index contributed by atoms with van der Waals surface area (Å²) in [6, 6.07) is 17.4. The van der Waals surface area contributed by atoms with E-state index in [0.29, 0.717) is 22.6 Å². The normalized spacial score (nSPS) is 15.6. The number of anilines is 1. The van der Waals surface area contributed by atoms with Gasteiger partial charge in [-0.1, -0.05) is 42.5 Å². The van der Waals surface area contributed by atoms with Crippen molar-refractivity contribution in [3.8, 4) is 11.5 Å². The van der Waals surface area contributed by atoms with Crippen molar-refractivity contribution in [2.75, 3.05) is 18.5 Å². The van der Waals surface area contributed by atoms with E-state index in [-0.39, 0.29) is 17.7 Å². The zero-order chi connectivity index (χ0) is 16.7. The molecule has 1 aliphatic rings. The first kappa shape index (κ1) is 14.5. The molecule has 0 aliphatic carbocycles. The second kappa shape index (κ2) is 5.53. The maximum atomic E-state index is 10.3. The van der Waals surface area contributed by atoms with Gasteiger partial charge in [-0.25, -0.2) is 0 Å². The van der Waals surface area contributed by atoms with Crippen molar-refractivity contribution in [3.05, 3.63) is 65.3 Å². The number of para-hydroxylation sites is 1. The molecule has 0 amide bonds. The SMILES string of the molecule is CN(CC1N=c2c(O)c(O)c3ccccc3c2=N1)c1ccccc1. The van der Waals surface area contributed by atoms with Gasteiger partial charge in [0.25, 0.3) is 0 Å². The minimum Gasteiger partial charge on any atom is -0.504 e. The molecule has 1 unspecified atom stereocenters. The van der Waals surface area contributed by atoms with Crippen LogP contribution in [0.25, 0.3) is 10.8 Å². The fraction of sp³-hybridized carbons (Fsp3) is 0.158. The van der Waals surface area contributed by atoms with E-state index < -0.39 is 0 Å². The van der Waals surface area contributed by atoms with Crippen LogP contribution in [0.4, 0.5) is 5.69 Å². The number of phenolic OH excluding ortho intramolecular Hbond substituents is 2. The first-order valence-corrected chi connectivity index (χ1v) is 7.79. The summed E-state index contributed by atoms with van der Waals surface area (Å²) in [5.74, 6) is -0.335. The molecule has 0 aromatic heterocycles. The van der Waals surface area contributed by atoms with Crippen LogP contribution in [0.5, 0.6) is 11.5 Å². The lowest BCUT2D eigenvalue weighted by Gasteiger charge is -2.20. The van der Waals surface area contributed by atoms with Crippen LogP contribution in [0.1, 0.15) is 0 Å². The van der Waals surface area contributed by atoms with Crippen molar-refractivity contribution < 1.29 is 10.2 Å². The Bertz CT molecular complexity index is 1030. The highest BCUT2D eigenvalue weighted by Crippen LogP contribution is 2.29. The number of rotatable bonds is 3. The van der Waals surface area contributed by atoms with Gasteiger partial charge in [0.05, 0.1) is 11.9 Å². The number of hydrogen-bond donors (Lipinski definition) is 2. The molecule has 0 radical (unpaired) electrons. The maximum Gasteiger partial charge on any atom is 0.186 e. The first-order valence-electron chi connectivity index (χ1n) is 7.79. The Kier molecular flexibility index (Phi) is 3.34. The summed E-state index contributed by atoms with van der Waals surface area (Å²) in [4.78, 5) is 11.2. The van der Waals surface area contributed by atoms with Gasteiger partial charge in [0, 0.05) is 23.5 Å². The number of likely N-dealkylation sites (N-methyl/N-ethyl adjacent to an activating group) is 1. The van der Waals surface area contributed by atoms with Crippen molar-refractivity contribution in [2.24, 2.45) is 9.98 Å². The summed E-state index contributed by atoms with van der Waals surface area (Å²) < 4.78 is 0. The summed E-state index contributed by atoms with van der Waals surface area (Å²) >= 11 is 0. The summed E-state index contributed by atoms with van der Waals surface area (Å²) in [5.41, 5.74) is 1.08. The van der Waals surface area contributed by atoms with E-state index in [1.165, 1.54) is 0 Å². The third-order valence-corrected chi connectivity index (χ3v) is 4.30. The van der Waals surface area contributed by atoms with E-state index >= 15 is 0 Å². The molecule has 0 spiro atoms. The van der Waals surface area contributed by atoms with Gasteiger partial charge in [-0.2, -0.15) is 0 Å². The monoisotopic (exact) mass is 319 g/mol. The minimum atomic E-state index is -0.318. The maximum absolute atomic E-state index is 10.3. The lowest BCUT2D eigenvalue weighted by Crippen LogP contribution is -2.26. The number of aromatic hydroxyl groups is 2. The third kappa shape index (κ3) is 2.25. The summed E-state index contributed by atoms with van der Waals surface area (Å²) in [6.07, 6.45) is -0.318. The van der Waals surface area contributed by atoms with Crippen LogP contribution >= 0.6 is 0 Å². The van der Waals surface area contributed by atoms with E-state index in [1.807, 2.05) is 55.6 Å². The summed E-state index contributed by atoms with van der Waals surface area (Å²) in [7, 11) is 1.98. The number of phenols is 2. The highest BCUT2D eigenvalue weighted by atomic mass is 16.3. The van der Waals surface area contributed by atoms with Crippen molar-refractivity contribution in [1.29, 1.82) is 0 Å². The first-order chi connectivity index (χ1) is 11.6. The van der Waals surface area contributed by atoms with Crippen LogP contribution in [0, 0.1) is 0 Å². The fourth-order valence-electron chi connectivity index (χ4n) is 3.07. The van der Waals surface area contributed by atoms with Crippen LogP contribution < -0.4 is 15.6 Å². The molecule has 0 saturated carbocycles. The predicted molar refractivity (Wildman–Crippen MR) is 93.1 cm³/mol. The van der Waals surface area contributed by atoms with E-state index in [0.717, 1.165) is 11.1 Å². The molecule has 1 atom stereocenters. The number of fused-ring (bicyclic) bond motifs is 3. The Morgan fingerprint density at radius 2 is 1.46 bits per heavy atom. The highest BCUT2D eigenvalue weighted by Gasteiger charge is 2.20. The molecule has 0 fully saturated rings. The van der Waals surface area contributed by atoms with E-state index in [2.05, 4.69) is 14.9 Å². The molecule has 5 heteroatoms. The van der Waals surface area contributed by atoms with Crippen molar-refractivity contribution in [3.63, 3.8) is 0 Å². The molecule has 4 rings (SSSR count). The topological polar surface area (TPSA) is 68.4 Å². The molecule has 0 saturated heterocycles. The molecular weight excluding hydrogens is 302 g/mol. The van der Waals surface area contributed by atoms with Crippen LogP contribution in [-0.4, -0.2) is 30.0 Å². The van der Waals surface area contributed by atoms with Gasteiger partial charge < -0.3 is 15.1 Å². The molecule has 3 aromatic carbocycles. The van der Waals surface area contributed by atoms with E-state index in [1.54, 1.807) is 6.07 Å². The van der Waals surface area contributed by atoms with Gasteiger partial charge in [-0.3, -0.25) is 9.98 Å². The lowest BCUT2D eigenvalue weighted by molar-refractivity contribution is 0.403. The summed E-state index contributed by atoms with van der Waals surface area (Å²) in [5, 5.41) is 22.9. The van der Waals surface area contributed by atoms with Gasteiger partial charge in [0.15, 0.2) is 17.7 Å². The fourth-order valence-corrected chi connectivity index (χ4v) is 3.07. The average molecular weight is 319 g/mol. The Morgan fingerprint density at radius 3 is 2.21 bits per heavy atom. The Morgan fingerprint density at radius 1 is 0.833 bits per heavy atom. The van der Waals surface area contributed by atoms with Crippen molar-refractivity contribution >= 4 is 16.5 Å². The quantitative estimate of drug-likeness (QED) is 0.725. The van der Waals surface area contributed by atoms with Crippen molar-refractivity contribution in [2.45, 2.75) is 6.17 Å². The van der Waals surface area contributed by atoms with Gasteiger partial charge in [0.1, 0.15) is 5.36 Å². The van der Waals surface area contributed by atoms with E-state index in [4.69, 9.17) is 0 Å². The average Bonchev–Trinajstić information content (AvgIpc) is 3.04. The van der Waals surface area contributed by atoms with Gasteiger partial charge in [-0.05, 0) is 12.1 Å². The van der Waals surface area contributed by atoms with Gasteiger partial charge in [0.2, 0.25) is 0 Å². The minimum absolute atomic E-state index is 0.139. The number of benzene rings is 3. The zero-order valence-corrected chi connectivity index (χ0v) is 13.2. The van der Waals surface area contributed by atoms with Crippen LogP contribution in [0.15, 0.2) is 64.6 Å². The second-order valence-electron chi connectivity index (χ2n) is 5.89. The smallest absolute Gasteiger partial charge is 0.186 e. The molecule has 2 N–H and O–H groups in total. The molecule has 3 aromatic rings.